The number of hydrogen-bond acceptors (Lipinski definition) is 4. The maximum atomic E-state index is 12.7. The maximum absolute atomic E-state index is 12.7. The van der Waals surface area contributed by atoms with E-state index in [1.165, 1.54) is 0 Å². The SMILES string of the molecule is Cc1ccc(NC(=O)c2ccccc2)c(N(CCCN(C)C)c2ccccc2)n1. The molecule has 0 unspecified atom stereocenters. The van der Waals surface area contributed by atoms with Crippen LogP contribution in [0, 0.1) is 6.92 Å². The van der Waals surface area contributed by atoms with Crippen LogP contribution in [-0.4, -0.2) is 43.0 Å². The molecule has 0 saturated carbocycles. The first-order valence-electron chi connectivity index (χ1n) is 9.86. The largest absolute Gasteiger partial charge is 0.325 e. The van der Waals surface area contributed by atoms with Crippen molar-refractivity contribution >= 4 is 23.1 Å². The first-order chi connectivity index (χ1) is 14.0. The normalized spacial score (nSPS) is 10.8. The van der Waals surface area contributed by atoms with Gasteiger partial charge in [-0.3, -0.25) is 4.79 Å². The Morgan fingerprint density at radius 2 is 1.55 bits per heavy atom. The van der Waals surface area contributed by atoms with Crippen molar-refractivity contribution < 1.29 is 4.79 Å². The molecule has 2 aromatic carbocycles. The minimum absolute atomic E-state index is 0.140. The van der Waals surface area contributed by atoms with Gasteiger partial charge in [-0.15, -0.1) is 0 Å². The molecule has 0 aliphatic rings. The van der Waals surface area contributed by atoms with Gasteiger partial charge in [-0.1, -0.05) is 36.4 Å². The summed E-state index contributed by atoms with van der Waals surface area (Å²) in [6.07, 6.45) is 0.976. The number of benzene rings is 2. The van der Waals surface area contributed by atoms with Gasteiger partial charge in [0, 0.05) is 23.5 Å². The third kappa shape index (κ3) is 5.65. The maximum Gasteiger partial charge on any atom is 0.255 e. The third-order valence-corrected chi connectivity index (χ3v) is 4.61. The van der Waals surface area contributed by atoms with Crippen LogP contribution in [0.3, 0.4) is 0 Å². The van der Waals surface area contributed by atoms with Crippen molar-refractivity contribution in [2.24, 2.45) is 0 Å². The van der Waals surface area contributed by atoms with Gasteiger partial charge in [-0.2, -0.15) is 0 Å². The van der Waals surface area contributed by atoms with Gasteiger partial charge >= 0.3 is 0 Å². The summed E-state index contributed by atoms with van der Waals surface area (Å²) in [5, 5.41) is 3.05. The number of aromatic nitrogens is 1. The van der Waals surface area contributed by atoms with Crippen LogP contribution >= 0.6 is 0 Å². The van der Waals surface area contributed by atoms with Gasteiger partial charge in [0.05, 0.1) is 5.69 Å². The fraction of sp³-hybridized carbons (Fsp3) is 0.250. The van der Waals surface area contributed by atoms with Gasteiger partial charge in [0.2, 0.25) is 0 Å². The highest BCUT2D eigenvalue weighted by Crippen LogP contribution is 2.31. The van der Waals surface area contributed by atoms with Crippen LogP contribution in [0.2, 0.25) is 0 Å². The molecule has 0 bridgehead atoms. The van der Waals surface area contributed by atoms with Crippen LogP contribution < -0.4 is 10.2 Å². The smallest absolute Gasteiger partial charge is 0.255 e. The molecule has 0 spiro atoms. The Balaban J connectivity index is 1.94. The van der Waals surface area contributed by atoms with E-state index in [1.807, 2.05) is 67.6 Å². The monoisotopic (exact) mass is 388 g/mol. The van der Waals surface area contributed by atoms with E-state index in [9.17, 15) is 4.79 Å². The molecule has 1 heterocycles. The number of para-hydroxylation sites is 1. The van der Waals surface area contributed by atoms with Crippen LogP contribution in [0.4, 0.5) is 17.2 Å². The second kappa shape index (κ2) is 9.85. The number of nitrogens with zero attached hydrogens (tertiary/aromatic N) is 3. The molecule has 5 nitrogen and oxygen atoms in total. The van der Waals surface area contributed by atoms with Crippen molar-refractivity contribution in [1.82, 2.24) is 9.88 Å². The van der Waals surface area contributed by atoms with E-state index < -0.39 is 0 Å². The molecule has 1 amide bonds. The highest BCUT2D eigenvalue weighted by atomic mass is 16.1. The summed E-state index contributed by atoms with van der Waals surface area (Å²) < 4.78 is 0. The average Bonchev–Trinajstić information content (AvgIpc) is 2.74. The number of anilines is 3. The number of carbonyl (C=O) groups is 1. The third-order valence-electron chi connectivity index (χ3n) is 4.61. The lowest BCUT2D eigenvalue weighted by atomic mass is 10.2. The summed E-state index contributed by atoms with van der Waals surface area (Å²) in [7, 11) is 4.15. The quantitative estimate of drug-likeness (QED) is 0.606. The number of nitrogens with one attached hydrogen (secondary N) is 1. The molecular formula is C24H28N4O. The van der Waals surface area contributed by atoms with Gasteiger partial charge < -0.3 is 15.1 Å². The number of amides is 1. The minimum atomic E-state index is -0.140. The topological polar surface area (TPSA) is 48.5 Å². The van der Waals surface area contributed by atoms with Crippen molar-refractivity contribution in [3.05, 3.63) is 84.1 Å². The van der Waals surface area contributed by atoms with E-state index in [0.717, 1.165) is 36.7 Å². The molecule has 0 radical (unpaired) electrons. The lowest BCUT2D eigenvalue weighted by Crippen LogP contribution is -2.25. The minimum Gasteiger partial charge on any atom is -0.325 e. The Bertz CT molecular complexity index is 926. The Morgan fingerprint density at radius 1 is 0.897 bits per heavy atom. The number of rotatable bonds is 8. The van der Waals surface area contributed by atoms with Crippen LogP contribution in [-0.2, 0) is 0 Å². The van der Waals surface area contributed by atoms with Crippen LogP contribution in [0.25, 0.3) is 0 Å². The van der Waals surface area contributed by atoms with E-state index >= 15 is 0 Å². The van der Waals surface area contributed by atoms with E-state index in [2.05, 4.69) is 41.3 Å². The fourth-order valence-corrected chi connectivity index (χ4v) is 3.14. The summed E-state index contributed by atoms with van der Waals surface area (Å²) >= 11 is 0. The zero-order valence-electron chi connectivity index (χ0n) is 17.3. The summed E-state index contributed by atoms with van der Waals surface area (Å²) in [5.41, 5.74) is 3.29. The predicted octanol–water partition coefficient (Wildman–Crippen LogP) is 4.73. The average molecular weight is 389 g/mol. The lowest BCUT2D eigenvalue weighted by Gasteiger charge is -2.27. The van der Waals surface area contributed by atoms with Gasteiger partial charge in [0.25, 0.3) is 5.91 Å². The van der Waals surface area contributed by atoms with E-state index in [0.29, 0.717) is 11.3 Å². The standard InChI is InChI=1S/C24H28N4O/c1-19-15-16-22(26-24(29)20-11-6-4-7-12-20)23(25-19)28(18-10-17-27(2)3)21-13-8-5-9-14-21/h4-9,11-16H,10,17-18H2,1-3H3,(H,26,29). The van der Waals surface area contributed by atoms with Gasteiger partial charge in [-0.05, 0) is 70.4 Å². The zero-order chi connectivity index (χ0) is 20.6. The molecule has 0 saturated heterocycles. The van der Waals surface area contributed by atoms with Crippen molar-refractivity contribution in [3.8, 4) is 0 Å². The first-order valence-corrected chi connectivity index (χ1v) is 9.86. The zero-order valence-corrected chi connectivity index (χ0v) is 17.3. The first kappa shape index (κ1) is 20.6. The highest BCUT2D eigenvalue weighted by molar-refractivity contribution is 6.05. The Morgan fingerprint density at radius 3 is 2.21 bits per heavy atom. The summed E-state index contributed by atoms with van der Waals surface area (Å²) in [4.78, 5) is 21.9. The number of hydrogen-bond donors (Lipinski definition) is 1. The van der Waals surface area contributed by atoms with Crippen molar-refractivity contribution in [1.29, 1.82) is 0 Å². The van der Waals surface area contributed by atoms with E-state index in [4.69, 9.17) is 4.98 Å². The Labute approximate surface area is 173 Å². The van der Waals surface area contributed by atoms with Crippen LogP contribution in [0.1, 0.15) is 22.5 Å². The molecule has 1 aromatic heterocycles. The molecule has 5 heteroatoms. The number of aryl methyl sites for hydroxylation is 1. The molecular weight excluding hydrogens is 360 g/mol. The molecule has 0 aliphatic carbocycles. The molecule has 29 heavy (non-hydrogen) atoms. The summed E-state index contributed by atoms with van der Waals surface area (Å²) in [6, 6.07) is 23.3. The molecule has 0 fully saturated rings. The van der Waals surface area contributed by atoms with Crippen molar-refractivity contribution in [2.75, 3.05) is 37.4 Å². The molecule has 1 N–H and O–H groups in total. The fourth-order valence-electron chi connectivity index (χ4n) is 3.14. The van der Waals surface area contributed by atoms with E-state index in [1.54, 1.807) is 0 Å². The van der Waals surface area contributed by atoms with Gasteiger partial charge in [-0.25, -0.2) is 4.98 Å². The van der Waals surface area contributed by atoms with Crippen LogP contribution in [0.15, 0.2) is 72.8 Å². The summed E-state index contributed by atoms with van der Waals surface area (Å²) in [6.45, 7) is 3.74. The summed E-state index contributed by atoms with van der Waals surface area (Å²) in [5.74, 6) is 0.623. The number of carbonyl (C=O) groups excluding carboxylic acids is 1. The highest BCUT2D eigenvalue weighted by Gasteiger charge is 2.17. The molecule has 3 aromatic rings. The molecule has 0 aliphatic heterocycles. The van der Waals surface area contributed by atoms with Crippen molar-refractivity contribution in [2.45, 2.75) is 13.3 Å². The molecule has 3 rings (SSSR count). The Hall–Kier alpha value is -3.18. The van der Waals surface area contributed by atoms with Gasteiger partial charge in [0.15, 0.2) is 5.82 Å². The van der Waals surface area contributed by atoms with Crippen LogP contribution in [0.5, 0.6) is 0 Å². The number of pyridine rings is 1. The van der Waals surface area contributed by atoms with Gasteiger partial charge in [0.1, 0.15) is 0 Å². The Kier molecular flexibility index (Phi) is 6.98. The molecule has 150 valence electrons. The predicted molar refractivity (Wildman–Crippen MR) is 120 cm³/mol. The second-order valence-corrected chi connectivity index (χ2v) is 7.29. The lowest BCUT2D eigenvalue weighted by molar-refractivity contribution is 0.102. The van der Waals surface area contributed by atoms with E-state index in [-0.39, 0.29) is 5.91 Å². The van der Waals surface area contributed by atoms with Crippen molar-refractivity contribution in [3.63, 3.8) is 0 Å². The molecule has 0 atom stereocenters. The second-order valence-electron chi connectivity index (χ2n) is 7.29.